The lowest BCUT2D eigenvalue weighted by molar-refractivity contribution is -0.144. The number of piperidine rings is 1. The van der Waals surface area contributed by atoms with Crippen LogP contribution in [0.4, 0.5) is 0 Å². The molecule has 1 fully saturated rings. The molecule has 4 rings (SSSR count). The zero-order chi connectivity index (χ0) is 22.3. The normalized spacial score (nSPS) is 15.6. The summed E-state index contributed by atoms with van der Waals surface area (Å²) in [6.07, 6.45) is 5.52. The number of hydrogen-bond donors (Lipinski definition) is 1. The van der Waals surface area contributed by atoms with Gasteiger partial charge >= 0.3 is 5.97 Å². The first kappa shape index (κ1) is 22.1. The highest BCUT2D eigenvalue weighted by Gasteiger charge is 2.31. The van der Waals surface area contributed by atoms with Gasteiger partial charge in [-0.05, 0) is 55.2 Å². The highest BCUT2D eigenvalue weighted by molar-refractivity contribution is 5.84. The Kier molecular flexibility index (Phi) is 7.25. The van der Waals surface area contributed by atoms with Crippen molar-refractivity contribution in [3.05, 3.63) is 71.9 Å². The van der Waals surface area contributed by atoms with Crippen LogP contribution in [0.1, 0.15) is 49.7 Å². The second kappa shape index (κ2) is 10.5. The van der Waals surface area contributed by atoms with E-state index in [0.717, 1.165) is 37.9 Å². The third-order valence-electron chi connectivity index (χ3n) is 6.66. The number of benzene rings is 2. The Morgan fingerprint density at radius 1 is 1.06 bits per heavy atom. The number of carbonyl (C=O) groups excluding carboxylic acids is 2. The Morgan fingerprint density at radius 3 is 2.53 bits per heavy atom. The van der Waals surface area contributed by atoms with Crippen LogP contribution in [-0.2, 0) is 20.7 Å². The van der Waals surface area contributed by atoms with Crippen molar-refractivity contribution in [1.29, 1.82) is 0 Å². The summed E-state index contributed by atoms with van der Waals surface area (Å²) in [6, 6.07) is 18.5. The molecule has 2 aromatic carbocycles. The molecular formula is C27H32N2O3. The summed E-state index contributed by atoms with van der Waals surface area (Å²) in [5, 5.41) is 1.20. The molecule has 1 unspecified atom stereocenters. The molecule has 168 valence electrons. The van der Waals surface area contributed by atoms with Crippen molar-refractivity contribution in [3.8, 4) is 0 Å². The van der Waals surface area contributed by atoms with Crippen LogP contribution in [0.2, 0.25) is 0 Å². The first-order chi connectivity index (χ1) is 15.7. The van der Waals surface area contributed by atoms with Gasteiger partial charge in [0.05, 0.1) is 13.0 Å². The van der Waals surface area contributed by atoms with Gasteiger partial charge in [-0.1, -0.05) is 48.5 Å². The molecule has 0 bridgehead atoms. The number of H-pyrrole nitrogens is 1. The average Bonchev–Trinajstić information content (AvgIpc) is 3.25. The predicted molar refractivity (Wildman–Crippen MR) is 126 cm³/mol. The summed E-state index contributed by atoms with van der Waals surface area (Å²) in [4.78, 5) is 30.4. The Hall–Kier alpha value is -3.08. The highest BCUT2D eigenvalue weighted by Crippen LogP contribution is 2.36. The monoisotopic (exact) mass is 432 g/mol. The summed E-state index contributed by atoms with van der Waals surface area (Å²) >= 11 is 0. The summed E-state index contributed by atoms with van der Waals surface area (Å²) < 4.78 is 5.24. The van der Waals surface area contributed by atoms with Gasteiger partial charge in [-0.15, -0.1) is 0 Å². The van der Waals surface area contributed by atoms with E-state index in [1.807, 2.05) is 48.4 Å². The quantitative estimate of drug-likeness (QED) is 0.505. The largest absolute Gasteiger partial charge is 0.466 e. The van der Waals surface area contributed by atoms with Crippen LogP contribution in [0.5, 0.6) is 0 Å². The molecule has 1 aliphatic heterocycles. The number of aromatic amines is 1. The molecule has 0 saturated carbocycles. The van der Waals surface area contributed by atoms with Crippen LogP contribution in [0, 0.1) is 5.92 Å². The number of esters is 1. The Bertz CT molecular complexity index is 1040. The summed E-state index contributed by atoms with van der Waals surface area (Å²) in [7, 11) is 0. The number of nitrogens with one attached hydrogen (secondary N) is 1. The lowest BCUT2D eigenvalue weighted by Gasteiger charge is -2.36. The predicted octanol–water partition coefficient (Wildman–Crippen LogP) is 5.08. The molecule has 32 heavy (non-hydrogen) atoms. The molecule has 1 amide bonds. The van der Waals surface area contributed by atoms with Gasteiger partial charge in [-0.2, -0.15) is 0 Å². The number of likely N-dealkylation sites (tertiary alicyclic amines) is 1. The van der Waals surface area contributed by atoms with E-state index >= 15 is 0 Å². The number of ether oxygens (including phenoxy) is 1. The third kappa shape index (κ3) is 5.21. The topological polar surface area (TPSA) is 62.4 Å². The molecule has 1 N–H and O–H groups in total. The lowest BCUT2D eigenvalue weighted by atomic mass is 9.78. The van der Waals surface area contributed by atoms with Gasteiger partial charge in [-0.3, -0.25) is 9.59 Å². The first-order valence-electron chi connectivity index (χ1n) is 11.7. The van der Waals surface area contributed by atoms with Gasteiger partial charge in [0, 0.05) is 36.6 Å². The first-order valence-corrected chi connectivity index (χ1v) is 11.7. The zero-order valence-electron chi connectivity index (χ0n) is 18.8. The number of hydrogen-bond acceptors (Lipinski definition) is 3. The van der Waals surface area contributed by atoms with Crippen molar-refractivity contribution in [2.24, 2.45) is 5.92 Å². The molecule has 0 spiro atoms. The second-order valence-electron chi connectivity index (χ2n) is 8.60. The van der Waals surface area contributed by atoms with E-state index in [4.69, 9.17) is 4.74 Å². The smallest absolute Gasteiger partial charge is 0.306 e. The molecule has 1 aromatic heterocycles. The van der Waals surface area contributed by atoms with Crippen molar-refractivity contribution in [2.75, 3.05) is 19.7 Å². The molecule has 3 aromatic rings. The molecule has 5 nitrogen and oxygen atoms in total. The Labute approximate surface area is 189 Å². The maximum absolute atomic E-state index is 12.9. The lowest BCUT2D eigenvalue weighted by Crippen LogP contribution is -2.40. The Morgan fingerprint density at radius 2 is 1.78 bits per heavy atom. The van der Waals surface area contributed by atoms with E-state index in [2.05, 4.69) is 29.2 Å². The minimum absolute atomic E-state index is 0.138. The fourth-order valence-corrected chi connectivity index (χ4v) is 4.95. The van der Waals surface area contributed by atoms with Crippen molar-refractivity contribution in [2.45, 2.75) is 44.9 Å². The molecule has 2 heterocycles. The number of aromatic nitrogens is 1. The van der Waals surface area contributed by atoms with Crippen LogP contribution >= 0.6 is 0 Å². The summed E-state index contributed by atoms with van der Waals surface area (Å²) in [6.45, 7) is 3.76. The standard InChI is InChI=1S/C27H32N2O3/c1-2-32-27(31)18-24(20-8-4-3-5-9-20)21-14-16-29(17-15-21)26(30)13-12-22-19-28-25-11-7-6-10-23(22)25/h3-11,19,21,24,28H,2,12-18H2,1H3. The maximum Gasteiger partial charge on any atom is 0.306 e. The number of rotatable bonds is 8. The van der Waals surface area contributed by atoms with Gasteiger partial charge in [0.15, 0.2) is 0 Å². The van der Waals surface area contributed by atoms with Gasteiger partial charge in [0.2, 0.25) is 5.91 Å². The van der Waals surface area contributed by atoms with E-state index in [-0.39, 0.29) is 17.8 Å². The number of carbonyl (C=O) groups is 2. The zero-order valence-corrected chi connectivity index (χ0v) is 18.8. The third-order valence-corrected chi connectivity index (χ3v) is 6.66. The van der Waals surface area contributed by atoms with Crippen LogP contribution in [-0.4, -0.2) is 41.5 Å². The van der Waals surface area contributed by atoms with E-state index in [1.165, 1.54) is 16.5 Å². The minimum Gasteiger partial charge on any atom is -0.466 e. The fraction of sp³-hybridized carbons (Fsp3) is 0.407. The van der Waals surface area contributed by atoms with Crippen molar-refractivity contribution in [3.63, 3.8) is 0 Å². The van der Waals surface area contributed by atoms with Crippen molar-refractivity contribution >= 4 is 22.8 Å². The van der Waals surface area contributed by atoms with Crippen LogP contribution in [0.3, 0.4) is 0 Å². The van der Waals surface area contributed by atoms with Gasteiger partial charge in [0.1, 0.15) is 0 Å². The van der Waals surface area contributed by atoms with Crippen molar-refractivity contribution in [1.82, 2.24) is 9.88 Å². The van der Waals surface area contributed by atoms with Crippen LogP contribution in [0.15, 0.2) is 60.8 Å². The van der Waals surface area contributed by atoms with Crippen LogP contribution in [0.25, 0.3) is 10.9 Å². The summed E-state index contributed by atoms with van der Waals surface area (Å²) in [5.41, 5.74) is 3.50. The average molecular weight is 433 g/mol. The van der Waals surface area contributed by atoms with Gasteiger partial charge in [0.25, 0.3) is 0 Å². The van der Waals surface area contributed by atoms with E-state index in [1.54, 1.807) is 0 Å². The van der Waals surface area contributed by atoms with E-state index < -0.39 is 0 Å². The minimum atomic E-state index is -0.140. The molecule has 5 heteroatoms. The Balaban J connectivity index is 1.34. The van der Waals surface area contributed by atoms with E-state index in [9.17, 15) is 9.59 Å². The van der Waals surface area contributed by atoms with Gasteiger partial charge < -0.3 is 14.6 Å². The number of para-hydroxylation sites is 1. The molecule has 0 radical (unpaired) electrons. The SMILES string of the molecule is CCOC(=O)CC(c1ccccc1)C1CCN(C(=O)CCc2c[nH]c3ccccc23)CC1. The number of aryl methyl sites for hydroxylation is 1. The second-order valence-corrected chi connectivity index (χ2v) is 8.60. The molecule has 0 aliphatic carbocycles. The number of nitrogens with zero attached hydrogens (tertiary/aromatic N) is 1. The van der Waals surface area contributed by atoms with Crippen LogP contribution < -0.4 is 0 Å². The number of amides is 1. The molecule has 1 saturated heterocycles. The van der Waals surface area contributed by atoms with Crippen molar-refractivity contribution < 1.29 is 14.3 Å². The van der Waals surface area contributed by atoms with Gasteiger partial charge in [-0.25, -0.2) is 0 Å². The molecular weight excluding hydrogens is 400 g/mol. The summed E-state index contributed by atoms with van der Waals surface area (Å²) in [5.74, 6) is 0.590. The van der Waals surface area contributed by atoms with E-state index in [0.29, 0.717) is 25.4 Å². The maximum atomic E-state index is 12.9. The molecule has 1 atom stereocenters. The fourth-order valence-electron chi connectivity index (χ4n) is 4.95. The highest BCUT2D eigenvalue weighted by atomic mass is 16.5. The molecule has 1 aliphatic rings. The number of fused-ring (bicyclic) bond motifs is 1.